The number of methoxy groups -OCH3 is 2. The molecule has 0 N–H and O–H groups in total. The highest BCUT2D eigenvalue weighted by atomic mass is 32.1. The normalized spacial score (nSPS) is 10.0. The molecule has 100 valence electrons. The molecule has 2 rings (SSSR count). The highest BCUT2D eigenvalue weighted by Gasteiger charge is 2.14. The molecule has 0 amide bonds. The zero-order valence-electron chi connectivity index (χ0n) is 10.6. The van der Waals surface area contributed by atoms with E-state index in [1.165, 1.54) is 25.6 Å². The van der Waals surface area contributed by atoms with Crippen molar-refractivity contribution in [2.75, 3.05) is 14.2 Å². The summed E-state index contributed by atoms with van der Waals surface area (Å²) < 4.78 is 16.1. The molecule has 6 heteroatoms. The lowest BCUT2D eigenvalue weighted by molar-refractivity contribution is 0.112. The minimum Gasteiger partial charge on any atom is -0.493 e. The van der Waals surface area contributed by atoms with Gasteiger partial charge in [-0.3, -0.25) is 4.79 Å². The first-order valence-electron chi connectivity index (χ1n) is 5.49. The predicted molar refractivity (Wildman–Crippen MR) is 71.4 cm³/mol. The maximum Gasteiger partial charge on any atom is 0.203 e. The summed E-state index contributed by atoms with van der Waals surface area (Å²) in [4.78, 5) is 15.0. The van der Waals surface area contributed by atoms with E-state index in [1.807, 2.05) is 5.38 Å². The number of aromatic nitrogens is 1. The molecule has 1 aromatic heterocycles. The van der Waals surface area contributed by atoms with Crippen LogP contribution in [0.2, 0.25) is 0 Å². The number of aldehydes is 1. The van der Waals surface area contributed by atoms with Gasteiger partial charge in [-0.05, 0) is 12.1 Å². The second-order valence-corrected chi connectivity index (χ2v) is 4.36. The van der Waals surface area contributed by atoms with Crippen molar-refractivity contribution >= 4 is 17.6 Å². The lowest BCUT2D eigenvalue weighted by Gasteiger charge is -2.14. The Labute approximate surface area is 114 Å². The molecule has 0 aliphatic heterocycles. The van der Waals surface area contributed by atoms with Gasteiger partial charge >= 0.3 is 0 Å². The van der Waals surface area contributed by atoms with Crippen LogP contribution < -0.4 is 14.2 Å². The van der Waals surface area contributed by atoms with Crippen LogP contribution in [-0.2, 0) is 6.61 Å². The van der Waals surface area contributed by atoms with Crippen LogP contribution in [0.25, 0.3) is 0 Å². The summed E-state index contributed by atoms with van der Waals surface area (Å²) in [6.45, 7) is 0.316. The van der Waals surface area contributed by atoms with Crippen molar-refractivity contribution < 1.29 is 19.0 Å². The summed E-state index contributed by atoms with van der Waals surface area (Å²) in [5, 5.41) is 1.90. The van der Waals surface area contributed by atoms with Crippen LogP contribution in [-0.4, -0.2) is 25.5 Å². The van der Waals surface area contributed by atoms with Crippen molar-refractivity contribution in [3.8, 4) is 17.2 Å². The minimum absolute atomic E-state index is 0.316. The van der Waals surface area contributed by atoms with Crippen molar-refractivity contribution in [2.24, 2.45) is 0 Å². The molecule has 0 spiro atoms. The van der Waals surface area contributed by atoms with E-state index in [9.17, 15) is 4.79 Å². The molecule has 0 unspecified atom stereocenters. The molecule has 0 fully saturated rings. The molecule has 5 nitrogen and oxygen atoms in total. The molecule has 2 aromatic rings. The molecule has 0 aliphatic carbocycles. The van der Waals surface area contributed by atoms with Gasteiger partial charge in [0.25, 0.3) is 0 Å². The van der Waals surface area contributed by atoms with Gasteiger partial charge in [0.2, 0.25) is 5.75 Å². The predicted octanol–water partition coefficient (Wildman–Crippen LogP) is 2.55. The Balaban J connectivity index is 2.28. The summed E-state index contributed by atoms with van der Waals surface area (Å²) >= 11 is 1.50. The largest absolute Gasteiger partial charge is 0.493 e. The van der Waals surface area contributed by atoms with Crippen molar-refractivity contribution in [1.82, 2.24) is 4.98 Å². The minimum atomic E-state index is 0.316. The van der Waals surface area contributed by atoms with Crippen molar-refractivity contribution in [2.45, 2.75) is 6.61 Å². The van der Waals surface area contributed by atoms with Gasteiger partial charge in [0, 0.05) is 10.9 Å². The van der Waals surface area contributed by atoms with Crippen LogP contribution in [0.3, 0.4) is 0 Å². The van der Waals surface area contributed by atoms with Crippen LogP contribution in [0.4, 0.5) is 0 Å². The monoisotopic (exact) mass is 279 g/mol. The number of benzene rings is 1. The SMILES string of the molecule is COc1cc(C=O)cc(OC)c1OCc1cscn1. The molecule has 19 heavy (non-hydrogen) atoms. The molecule has 1 heterocycles. The molecule has 0 bridgehead atoms. The van der Waals surface area contributed by atoms with Gasteiger partial charge in [-0.25, -0.2) is 4.98 Å². The quantitative estimate of drug-likeness (QED) is 0.761. The van der Waals surface area contributed by atoms with Crippen LogP contribution in [0.1, 0.15) is 16.1 Å². The number of rotatable bonds is 6. The van der Waals surface area contributed by atoms with E-state index in [-0.39, 0.29) is 0 Å². The maximum atomic E-state index is 10.8. The summed E-state index contributed by atoms with van der Waals surface area (Å²) in [5.41, 5.74) is 3.03. The third-order valence-electron chi connectivity index (χ3n) is 2.47. The van der Waals surface area contributed by atoms with Crippen LogP contribution in [0.15, 0.2) is 23.0 Å². The standard InChI is InChI=1S/C13H13NO4S/c1-16-11-3-9(5-15)4-12(17-2)13(11)18-6-10-7-19-8-14-10/h3-5,7-8H,6H2,1-2H3. The van der Waals surface area contributed by atoms with Gasteiger partial charge in [-0.15, -0.1) is 11.3 Å². The Morgan fingerprint density at radius 2 is 1.95 bits per heavy atom. The molecule has 0 saturated carbocycles. The van der Waals surface area contributed by atoms with E-state index >= 15 is 0 Å². The van der Waals surface area contributed by atoms with Crippen molar-refractivity contribution in [3.63, 3.8) is 0 Å². The molecule has 0 atom stereocenters. The number of carbonyl (C=O) groups excluding carboxylic acids is 1. The summed E-state index contributed by atoms with van der Waals surface area (Å²) in [6, 6.07) is 3.21. The third-order valence-corrected chi connectivity index (χ3v) is 3.10. The van der Waals surface area contributed by atoms with Crippen molar-refractivity contribution in [3.05, 3.63) is 34.3 Å². The topological polar surface area (TPSA) is 57.7 Å². The van der Waals surface area contributed by atoms with Crippen LogP contribution >= 0.6 is 11.3 Å². The van der Waals surface area contributed by atoms with Crippen LogP contribution in [0, 0.1) is 0 Å². The molecule has 0 radical (unpaired) electrons. The summed E-state index contributed by atoms with van der Waals surface area (Å²) in [6.07, 6.45) is 0.731. The van der Waals surface area contributed by atoms with Crippen molar-refractivity contribution in [1.29, 1.82) is 0 Å². The average Bonchev–Trinajstić information content (AvgIpc) is 2.97. The van der Waals surface area contributed by atoms with Gasteiger partial charge in [0.05, 0.1) is 25.4 Å². The third kappa shape index (κ3) is 3.03. The van der Waals surface area contributed by atoms with Gasteiger partial charge in [-0.1, -0.05) is 0 Å². The van der Waals surface area contributed by atoms with Gasteiger partial charge < -0.3 is 14.2 Å². The summed E-state index contributed by atoms with van der Waals surface area (Å²) in [5.74, 6) is 1.37. The van der Waals surface area contributed by atoms with E-state index < -0.39 is 0 Å². The molecular weight excluding hydrogens is 266 g/mol. The highest BCUT2D eigenvalue weighted by molar-refractivity contribution is 7.07. The number of ether oxygens (including phenoxy) is 3. The molecular formula is C13H13NO4S. The number of hydrogen-bond acceptors (Lipinski definition) is 6. The van der Waals surface area contributed by atoms with E-state index in [1.54, 1.807) is 17.6 Å². The Kier molecular flexibility index (Phi) is 4.35. The Morgan fingerprint density at radius 1 is 1.26 bits per heavy atom. The summed E-state index contributed by atoms with van der Waals surface area (Å²) in [7, 11) is 3.03. The van der Waals surface area contributed by atoms with Gasteiger partial charge in [-0.2, -0.15) is 0 Å². The fraction of sp³-hybridized carbons (Fsp3) is 0.231. The van der Waals surface area contributed by atoms with E-state index in [0.717, 1.165) is 12.0 Å². The Bertz CT molecular complexity index is 529. The highest BCUT2D eigenvalue weighted by Crippen LogP contribution is 2.38. The smallest absolute Gasteiger partial charge is 0.203 e. The van der Waals surface area contributed by atoms with E-state index in [0.29, 0.717) is 29.4 Å². The average molecular weight is 279 g/mol. The van der Waals surface area contributed by atoms with Crippen LogP contribution in [0.5, 0.6) is 17.2 Å². The first-order valence-corrected chi connectivity index (χ1v) is 6.43. The lowest BCUT2D eigenvalue weighted by atomic mass is 10.2. The Morgan fingerprint density at radius 3 is 2.42 bits per heavy atom. The first kappa shape index (κ1) is 13.4. The molecule has 0 saturated heterocycles. The molecule has 1 aromatic carbocycles. The maximum absolute atomic E-state index is 10.8. The number of carbonyl (C=O) groups is 1. The van der Waals surface area contributed by atoms with E-state index in [4.69, 9.17) is 14.2 Å². The van der Waals surface area contributed by atoms with Gasteiger partial charge in [0.1, 0.15) is 12.9 Å². The number of hydrogen-bond donors (Lipinski definition) is 0. The zero-order valence-corrected chi connectivity index (χ0v) is 11.4. The zero-order chi connectivity index (χ0) is 13.7. The first-order chi connectivity index (χ1) is 9.28. The molecule has 0 aliphatic rings. The number of nitrogens with zero attached hydrogens (tertiary/aromatic N) is 1. The Hall–Kier alpha value is -2.08. The fourth-order valence-electron chi connectivity index (χ4n) is 1.57. The second-order valence-electron chi connectivity index (χ2n) is 3.64. The second kappa shape index (κ2) is 6.19. The number of thiazole rings is 1. The lowest BCUT2D eigenvalue weighted by Crippen LogP contribution is -2.01. The van der Waals surface area contributed by atoms with E-state index in [2.05, 4.69) is 4.98 Å². The van der Waals surface area contributed by atoms with Gasteiger partial charge in [0.15, 0.2) is 11.5 Å². The fourth-order valence-corrected chi connectivity index (χ4v) is 2.11.